The Bertz CT molecular complexity index is 414. The van der Waals surface area contributed by atoms with Gasteiger partial charge in [0.2, 0.25) is 5.91 Å². The topological polar surface area (TPSA) is 46.3 Å². The van der Waals surface area contributed by atoms with Crippen molar-refractivity contribution in [2.45, 2.75) is 25.7 Å². The Morgan fingerprint density at radius 1 is 1.50 bits per heavy atom. The van der Waals surface area contributed by atoms with E-state index in [1.165, 1.54) is 5.56 Å². The fourth-order valence-corrected chi connectivity index (χ4v) is 2.51. The molecule has 0 saturated carbocycles. The molecule has 1 aliphatic heterocycles. The molecular weight excluding hydrogens is 200 g/mol. The van der Waals surface area contributed by atoms with E-state index in [-0.39, 0.29) is 5.91 Å². The first-order valence-electron chi connectivity index (χ1n) is 5.71. The van der Waals surface area contributed by atoms with Crippen LogP contribution in [0.2, 0.25) is 0 Å². The summed E-state index contributed by atoms with van der Waals surface area (Å²) in [5.41, 5.74) is 9.12. The van der Waals surface area contributed by atoms with Gasteiger partial charge in [0.05, 0.1) is 0 Å². The van der Waals surface area contributed by atoms with Gasteiger partial charge in [-0.2, -0.15) is 0 Å². The monoisotopic (exact) mass is 218 g/mol. The third kappa shape index (κ3) is 1.71. The van der Waals surface area contributed by atoms with E-state index < -0.39 is 0 Å². The van der Waals surface area contributed by atoms with Crippen LogP contribution in [0.3, 0.4) is 0 Å². The largest absolute Gasteiger partial charge is 0.330 e. The molecule has 1 amide bonds. The van der Waals surface area contributed by atoms with Gasteiger partial charge in [0, 0.05) is 19.2 Å². The molecule has 0 radical (unpaired) electrons. The van der Waals surface area contributed by atoms with Gasteiger partial charge in [-0.15, -0.1) is 0 Å². The molecule has 3 heteroatoms. The van der Waals surface area contributed by atoms with Gasteiger partial charge in [-0.1, -0.05) is 18.2 Å². The Balaban J connectivity index is 2.49. The number of anilines is 1. The quantitative estimate of drug-likeness (QED) is 0.822. The summed E-state index contributed by atoms with van der Waals surface area (Å²) in [6.07, 6.45) is 1.47. The summed E-state index contributed by atoms with van der Waals surface area (Å²) in [7, 11) is 1.85. The molecule has 0 spiro atoms. The summed E-state index contributed by atoms with van der Waals surface area (Å²) in [5, 5.41) is 0. The van der Waals surface area contributed by atoms with Crippen LogP contribution in [-0.4, -0.2) is 19.5 Å². The zero-order valence-electron chi connectivity index (χ0n) is 9.86. The molecule has 0 fully saturated rings. The SMILES string of the molecule is Cc1cccc2c1N(C)C(=O)CC2CCN. The average molecular weight is 218 g/mol. The fraction of sp³-hybridized carbons (Fsp3) is 0.462. The lowest BCUT2D eigenvalue weighted by atomic mass is 9.86. The van der Waals surface area contributed by atoms with E-state index in [0.717, 1.165) is 17.7 Å². The number of para-hydroxylation sites is 1. The number of nitrogens with two attached hydrogens (primary N) is 1. The summed E-state index contributed by atoms with van der Waals surface area (Å²) in [4.78, 5) is 13.7. The second-order valence-electron chi connectivity index (χ2n) is 4.44. The zero-order chi connectivity index (χ0) is 11.7. The van der Waals surface area contributed by atoms with Crippen LogP contribution in [0, 0.1) is 6.92 Å². The van der Waals surface area contributed by atoms with E-state index in [1.54, 1.807) is 4.90 Å². The summed E-state index contributed by atoms with van der Waals surface area (Å²) in [6, 6.07) is 6.22. The molecule has 0 aromatic heterocycles. The molecule has 0 aliphatic carbocycles. The molecule has 1 aromatic rings. The van der Waals surface area contributed by atoms with Crippen LogP contribution in [0.4, 0.5) is 5.69 Å². The molecule has 1 aromatic carbocycles. The third-order valence-corrected chi connectivity index (χ3v) is 3.35. The van der Waals surface area contributed by atoms with Crippen molar-refractivity contribution >= 4 is 11.6 Å². The molecular formula is C13H18N2O. The Labute approximate surface area is 96.2 Å². The summed E-state index contributed by atoms with van der Waals surface area (Å²) in [5.74, 6) is 0.490. The molecule has 1 atom stereocenters. The maximum absolute atomic E-state index is 11.9. The van der Waals surface area contributed by atoms with Gasteiger partial charge in [-0.05, 0) is 36.9 Å². The van der Waals surface area contributed by atoms with Gasteiger partial charge in [-0.25, -0.2) is 0 Å². The molecule has 1 heterocycles. The Morgan fingerprint density at radius 3 is 2.94 bits per heavy atom. The smallest absolute Gasteiger partial charge is 0.227 e. The van der Waals surface area contributed by atoms with Crippen molar-refractivity contribution in [1.29, 1.82) is 0 Å². The maximum atomic E-state index is 11.9. The van der Waals surface area contributed by atoms with Crippen molar-refractivity contribution in [3.63, 3.8) is 0 Å². The van der Waals surface area contributed by atoms with E-state index in [1.807, 2.05) is 20.0 Å². The van der Waals surface area contributed by atoms with Crippen LogP contribution < -0.4 is 10.6 Å². The second kappa shape index (κ2) is 4.26. The minimum Gasteiger partial charge on any atom is -0.330 e. The number of nitrogens with zero attached hydrogens (tertiary/aromatic N) is 1. The lowest BCUT2D eigenvalue weighted by molar-refractivity contribution is -0.119. The van der Waals surface area contributed by atoms with Crippen molar-refractivity contribution in [1.82, 2.24) is 0 Å². The molecule has 0 saturated heterocycles. The van der Waals surface area contributed by atoms with Crippen molar-refractivity contribution in [2.75, 3.05) is 18.5 Å². The molecule has 0 bridgehead atoms. The average Bonchev–Trinajstić information content (AvgIpc) is 2.25. The normalized spacial score (nSPS) is 19.8. The highest BCUT2D eigenvalue weighted by Gasteiger charge is 2.29. The number of carbonyl (C=O) groups is 1. The molecule has 2 rings (SSSR count). The van der Waals surface area contributed by atoms with Gasteiger partial charge in [-0.3, -0.25) is 4.79 Å². The number of carbonyl (C=O) groups excluding carboxylic acids is 1. The number of hydrogen-bond acceptors (Lipinski definition) is 2. The Kier molecular flexibility index (Phi) is 2.97. The van der Waals surface area contributed by atoms with Gasteiger partial charge < -0.3 is 10.6 Å². The number of aryl methyl sites for hydroxylation is 1. The Morgan fingerprint density at radius 2 is 2.25 bits per heavy atom. The fourth-order valence-electron chi connectivity index (χ4n) is 2.51. The predicted molar refractivity (Wildman–Crippen MR) is 65.6 cm³/mol. The van der Waals surface area contributed by atoms with E-state index in [4.69, 9.17) is 5.73 Å². The van der Waals surface area contributed by atoms with Crippen molar-refractivity contribution in [3.05, 3.63) is 29.3 Å². The second-order valence-corrected chi connectivity index (χ2v) is 4.44. The number of rotatable bonds is 2. The highest BCUT2D eigenvalue weighted by atomic mass is 16.2. The van der Waals surface area contributed by atoms with Gasteiger partial charge >= 0.3 is 0 Å². The van der Waals surface area contributed by atoms with Crippen LogP contribution in [0.5, 0.6) is 0 Å². The zero-order valence-corrected chi connectivity index (χ0v) is 9.86. The first kappa shape index (κ1) is 11.1. The lowest BCUT2D eigenvalue weighted by Gasteiger charge is -2.32. The molecule has 1 unspecified atom stereocenters. The highest BCUT2D eigenvalue weighted by molar-refractivity contribution is 5.97. The van der Waals surface area contributed by atoms with Crippen LogP contribution in [0.1, 0.15) is 29.9 Å². The van der Waals surface area contributed by atoms with Crippen LogP contribution >= 0.6 is 0 Å². The number of fused-ring (bicyclic) bond motifs is 1. The maximum Gasteiger partial charge on any atom is 0.227 e. The molecule has 16 heavy (non-hydrogen) atoms. The van der Waals surface area contributed by atoms with Crippen LogP contribution in [0.25, 0.3) is 0 Å². The van der Waals surface area contributed by atoms with Crippen molar-refractivity contribution in [2.24, 2.45) is 5.73 Å². The highest BCUT2D eigenvalue weighted by Crippen LogP contribution is 2.38. The Hall–Kier alpha value is -1.35. The first-order valence-corrected chi connectivity index (χ1v) is 5.71. The van der Waals surface area contributed by atoms with Crippen LogP contribution in [0.15, 0.2) is 18.2 Å². The van der Waals surface area contributed by atoms with Crippen molar-refractivity contribution < 1.29 is 4.79 Å². The molecule has 2 N–H and O–H groups in total. The molecule has 3 nitrogen and oxygen atoms in total. The summed E-state index contributed by atoms with van der Waals surface area (Å²) >= 11 is 0. The van der Waals surface area contributed by atoms with Gasteiger partial charge in [0.15, 0.2) is 0 Å². The van der Waals surface area contributed by atoms with Crippen LogP contribution in [-0.2, 0) is 4.79 Å². The van der Waals surface area contributed by atoms with E-state index >= 15 is 0 Å². The predicted octanol–water partition coefficient (Wildman–Crippen LogP) is 1.79. The lowest BCUT2D eigenvalue weighted by Crippen LogP contribution is -2.34. The van der Waals surface area contributed by atoms with E-state index in [9.17, 15) is 4.79 Å². The number of benzene rings is 1. The standard InChI is InChI=1S/C13H18N2O/c1-9-4-3-5-11-10(6-7-14)8-12(16)15(2)13(9)11/h3-5,10H,6-8,14H2,1-2H3. The molecule has 86 valence electrons. The minimum absolute atomic E-state index is 0.195. The van der Waals surface area contributed by atoms with Gasteiger partial charge in [0.1, 0.15) is 0 Å². The van der Waals surface area contributed by atoms with Gasteiger partial charge in [0.25, 0.3) is 0 Å². The summed E-state index contributed by atoms with van der Waals surface area (Å²) < 4.78 is 0. The van der Waals surface area contributed by atoms with E-state index in [2.05, 4.69) is 12.1 Å². The molecule has 1 aliphatic rings. The first-order chi connectivity index (χ1) is 7.65. The number of hydrogen-bond donors (Lipinski definition) is 1. The minimum atomic E-state index is 0.195. The summed E-state index contributed by atoms with van der Waals surface area (Å²) in [6.45, 7) is 2.68. The third-order valence-electron chi connectivity index (χ3n) is 3.35. The van der Waals surface area contributed by atoms with Crippen molar-refractivity contribution in [3.8, 4) is 0 Å². The van der Waals surface area contributed by atoms with E-state index in [0.29, 0.717) is 18.9 Å². The number of amides is 1.